The molecule has 23 heavy (non-hydrogen) atoms. The summed E-state index contributed by atoms with van der Waals surface area (Å²) in [7, 11) is 0. The van der Waals surface area contributed by atoms with Crippen molar-refractivity contribution in [2.24, 2.45) is 0 Å². The normalized spacial score (nSPS) is 14.3. The first-order valence-electron chi connectivity index (χ1n) is 7.29. The number of carbonyl (C=O) groups is 2. The van der Waals surface area contributed by atoms with Gasteiger partial charge in [0.05, 0.1) is 5.57 Å². The molecule has 2 rings (SSSR count). The molecule has 0 bridgehead atoms. The predicted molar refractivity (Wildman–Crippen MR) is 85.4 cm³/mol. The minimum atomic E-state index is -0.976. The van der Waals surface area contributed by atoms with Gasteiger partial charge in [0.1, 0.15) is 5.75 Å². The van der Waals surface area contributed by atoms with E-state index in [4.69, 9.17) is 10.2 Å². The molecule has 1 aliphatic rings. The molecule has 0 saturated carbocycles. The van der Waals surface area contributed by atoms with Crippen molar-refractivity contribution in [2.45, 2.75) is 25.7 Å². The van der Waals surface area contributed by atoms with Gasteiger partial charge < -0.3 is 15.5 Å². The van der Waals surface area contributed by atoms with Gasteiger partial charge in [-0.2, -0.15) is 0 Å². The minimum Gasteiger partial charge on any atom is -0.508 e. The highest BCUT2D eigenvalue weighted by Gasteiger charge is 2.19. The Bertz CT molecular complexity index is 718. The van der Waals surface area contributed by atoms with Crippen LogP contribution in [0, 0.1) is 11.8 Å². The van der Waals surface area contributed by atoms with Crippen molar-refractivity contribution in [3.8, 4) is 17.6 Å². The molecular weight excluding hydrogens is 294 g/mol. The number of nitrogens with one attached hydrogen (secondary N) is 1. The molecule has 5 nitrogen and oxygen atoms in total. The van der Waals surface area contributed by atoms with Crippen molar-refractivity contribution in [3.63, 3.8) is 0 Å². The van der Waals surface area contributed by atoms with Gasteiger partial charge in [-0.05, 0) is 56.0 Å². The molecule has 0 unspecified atom stereocenters. The Hall–Kier alpha value is -3.00. The van der Waals surface area contributed by atoms with Gasteiger partial charge >= 0.3 is 5.97 Å². The first kappa shape index (κ1) is 16.4. The van der Waals surface area contributed by atoms with Gasteiger partial charge in [-0.1, -0.05) is 11.8 Å². The summed E-state index contributed by atoms with van der Waals surface area (Å²) in [6.07, 6.45) is 5.43. The Labute approximate surface area is 134 Å². The van der Waals surface area contributed by atoms with Crippen molar-refractivity contribution in [1.82, 2.24) is 5.32 Å². The quantitative estimate of drug-likeness (QED) is 0.590. The van der Waals surface area contributed by atoms with E-state index in [2.05, 4.69) is 17.2 Å². The molecule has 0 aliphatic heterocycles. The molecule has 0 atom stereocenters. The standard InChI is InChI=1S/C18H17NO4/c20-14-11-9-13(10-12-14)5-1-4-8-17(21)19-16-7-3-2-6-15(16)18(22)23/h4,8-12,20H,2-3,6-7H2,(H,19,21)(H,22,23)/b8-4+. The molecule has 0 spiro atoms. The molecule has 0 radical (unpaired) electrons. The highest BCUT2D eigenvalue weighted by atomic mass is 16.4. The number of phenols is 1. The number of hydrogen-bond donors (Lipinski definition) is 3. The Kier molecular flexibility index (Phi) is 5.59. The number of benzene rings is 1. The third-order valence-electron chi connectivity index (χ3n) is 3.40. The number of allylic oxidation sites excluding steroid dienone is 2. The average Bonchev–Trinajstić information content (AvgIpc) is 2.53. The summed E-state index contributed by atoms with van der Waals surface area (Å²) in [5, 5.41) is 20.9. The van der Waals surface area contributed by atoms with E-state index in [0.29, 0.717) is 18.5 Å². The van der Waals surface area contributed by atoms with E-state index < -0.39 is 5.97 Å². The smallest absolute Gasteiger partial charge is 0.333 e. The van der Waals surface area contributed by atoms with Gasteiger partial charge in [-0.25, -0.2) is 4.79 Å². The molecule has 118 valence electrons. The van der Waals surface area contributed by atoms with Crippen molar-refractivity contribution in [3.05, 3.63) is 53.3 Å². The summed E-state index contributed by atoms with van der Waals surface area (Å²) in [5.41, 5.74) is 1.49. The molecule has 1 aromatic rings. The van der Waals surface area contributed by atoms with Crippen LogP contribution in [0.5, 0.6) is 5.75 Å². The molecule has 3 N–H and O–H groups in total. The predicted octanol–water partition coefficient (Wildman–Crippen LogP) is 2.33. The summed E-state index contributed by atoms with van der Waals surface area (Å²) >= 11 is 0. The Balaban J connectivity index is 1.97. The van der Waals surface area contributed by atoms with Crippen LogP contribution in [0.4, 0.5) is 0 Å². The zero-order chi connectivity index (χ0) is 16.7. The first-order chi connectivity index (χ1) is 11.1. The molecule has 1 aliphatic carbocycles. The van der Waals surface area contributed by atoms with Gasteiger partial charge in [-0.15, -0.1) is 0 Å². The van der Waals surface area contributed by atoms with Crippen LogP contribution in [-0.2, 0) is 9.59 Å². The summed E-state index contributed by atoms with van der Waals surface area (Å²) in [4.78, 5) is 22.9. The van der Waals surface area contributed by atoms with E-state index in [1.807, 2.05) is 0 Å². The number of amides is 1. The SMILES string of the molecule is O=C(/C=C/C#Cc1ccc(O)cc1)NC1=C(C(=O)O)CCCC1. The molecule has 0 fully saturated rings. The van der Waals surface area contributed by atoms with Crippen molar-refractivity contribution in [1.29, 1.82) is 0 Å². The van der Waals surface area contributed by atoms with Crippen LogP contribution >= 0.6 is 0 Å². The molecule has 5 heteroatoms. The second-order valence-corrected chi connectivity index (χ2v) is 5.11. The zero-order valence-corrected chi connectivity index (χ0v) is 12.5. The monoisotopic (exact) mass is 311 g/mol. The zero-order valence-electron chi connectivity index (χ0n) is 12.5. The fraction of sp³-hybridized carbons (Fsp3) is 0.222. The van der Waals surface area contributed by atoms with Crippen molar-refractivity contribution in [2.75, 3.05) is 0 Å². The Morgan fingerprint density at radius 3 is 2.52 bits per heavy atom. The van der Waals surface area contributed by atoms with Crippen LogP contribution < -0.4 is 5.32 Å². The van der Waals surface area contributed by atoms with E-state index in [9.17, 15) is 9.59 Å². The van der Waals surface area contributed by atoms with Crippen LogP contribution in [0.25, 0.3) is 0 Å². The fourth-order valence-corrected chi connectivity index (χ4v) is 2.26. The van der Waals surface area contributed by atoms with E-state index in [-0.39, 0.29) is 17.2 Å². The van der Waals surface area contributed by atoms with E-state index in [0.717, 1.165) is 18.4 Å². The highest BCUT2D eigenvalue weighted by Crippen LogP contribution is 2.22. The largest absolute Gasteiger partial charge is 0.508 e. The Morgan fingerprint density at radius 2 is 1.83 bits per heavy atom. The van der Waals surface area contributed by atoms with E-state index in [1.165, 1.54) is 24.3 Å². The Morgan fingerprint density at radius 1 is 1.13 bits per heavy atom. The number of carboxylic acid groups (broad SMARTS) is 1. The maximum atomic E-state index is 11.8. The lowest BCUT2D eigenvalue weighted by Crippen LogP contribution is -2.25. The van der Waals surface area contributed by atoms with E-state index >= 15 is 0 Å². The van der Waals surface area contributed by atoms with Crippen LogP contribution in [0.15, 0.2) is 47.7 Å². The average molecular weight is 311 g/mol. The van der Waals surface area contributed by atoms with Crippen LogP contribution in [-0.4, -0.2) is 22.1 Å². The second kappa shape index (κ2) is 7.85. The van der Waals surface area contributed by atoms with Crippen LogP contribution in [0.1, 0.15) is 31.2 Å². The first-order valence-corrected chi connectivity index (χ1v) is 7.29. The van der Waals surface area contributed by atoms with Gasteiger partial charge in [0.25, 0.3) is 0 Å². The molecular formula is C18H17NO4. The maximum Gasteiger partial charge on any atom is 0.333 e. The number of aromatic hydroxyl groups is 1. The number of hydrogen-bond acceptors (Lipinski definition) is 3. The van der Waals surface area contributed by atoms with Crippen molar-refractivity contribution < 1.29 is 19.8 Å². The lowest BCUT2D eigenvalue weighted by molar-refractivity contribution is -0.133. The number of carboxylic acids is 1. The fourth-order valence-electron chi connectivity index (χ4n) is 2.26. The maximum absolute atomic E-state index is 11.8. The molecule has 1 amide bonds. The van der Waals surface area contributed by atoms with Crippen LogP contribution in [0.3, 0.4) is 0 Å². The van der Waals surface area contributed by atoms with Gasteiger partial charge in [0.15, 0.2) is 0 Å². The molecule has 1 aromatic carbocycles. The summed E-state index contributed by atoms with van der Waals surface area (Å²) < 4.78 is 0. The van der Waals surface area contributed by atoms with Gasteiger partial charge in [-0.3, -0.25) is 4.79 Å². The summed E-state index contributed by atoms with van der Waals surface area (Å²) in [6.45, 7) is 0. The number of rotatable bonds is 3. The lowest BCUT2D eigenvalue weighted by atomic mass is 9.96. The highest BCUT2D eigenvalue weighted by molar-refractivity contribution is 5.92. The molecule has 0 heterocycles. The summed E-state index contributed by atoms with van der Waals surface area (Å²) in [6, 6.07) is 6.40. The summed E-state index contributed by atoms with van der Waals surface area (Å²) in [5.74, 6) is 4.34. The third-order valence-corrected chi connectivity index (χ3v) is 3.40. The lowest BCUT2D eigenvalue weighted by Gasteiger charge is -2.17. The molecule has 0 saturated heterocycles. The number of carbonyl (C=O) groups excluding carboxylic acids is 1. The van der Waals surface area contributed by atoms with Crippen LogP contribution in [0.2, 0.25) is 0 Å². The molecule has 0 aromatic heterocycles. The number of aliphatic carboxylic acids is 1. The van der Waals surface area contributed by atoms with Crippen molar-refractivity contribution >= 4 is 11.9 Å². The topological polar surface area (TPSA) is 86.6 Å². The second-order valence-electron chi connectivity index (χ2n) is 5.11. The van der Waals surface area contributed by atoms with E-state index in [1.54, 1.807) is 12.1 Å². The minimum absolute atomic E-state index is 0.167. The number of phenolic OH excluding ortho intramolecular Hbond substituents is 1. The van der Waals surface area contributed by atoms with Gasteiger partial charge in [0, 0.05) is 17.3 Å². The van der Waals surface area contributed by atoms with Gasteiger partial charge in [0.2, 0.25) is 5.91 Å². The third kappa shape index (κ3) is 5.04.